The van der Waals surface area contributed by atoms with Crippen molar-refractivity contribution in [3.8, 4) is 10.6 Å². The van der Waals surface area contributed by atoms with E-state index in [2.05, 4.69) is 34.3 Å². The maximum atomic E-state index is 13.1. The molecule has 0 saturated carbocycles. The van der Waals surface area contributed by atoms with Crippen LogP contribution in [0, 0.1) is 5.92 Å². The third-order valence-corrected chi connectivity index (χ3v) is 9.62. The van der Waals surface area contributed by atoms with Crippen LogP contribution in [0.25, 0.3) is 10.6 Å². The normalized spacial score (nSPS) is 18.5. The minimum atomic E-state index is -3.45. The molecule has 0 aliphatic carbocycles. The Balaban J connectivity index is 0.00000231. The fraction of sp³-hybridized carbons (Fsp3) is 0.409. The molecule has 0 atom stereocenters. The van der Waals surface area contributed by atoms with E-state index < -0.39 is 10.0 Å². The third-order valence-electron chi connectivity index (χ3n) is 6.16. The smallest absolute Gasteiger partial charge is 0.252 e. The van der Waals surface area contributed by atoms with E-state index in [1.807, 2.05) is 0 Å². The lowest BCUT2D eigenvalue weighted by atomic mass is 9.94. The number of hydrogen-bond acceptors (Lipinski definition) is 6. The summed E-state index contributed by atoms with van der Waals surface area (Å²) in [6.07, 6.45) is 4.50. The van der Waals surface area contributed by atoms with E-state index in [0.717, 1.165) is 43.8 Å². The van der Waals surface area contributed by atoms with E-state index in [0.29, 0.717) is 29.0 Å². The lowest BCUT2D eigenvalue weighted by molar-refractivity contribution is 0.171. The van der Waals surface area contributed by atoms with Crippen LogP contribution in [0.1, 0.15) is 24.0 Å². The van der Waals surface area contributed by atoms with E-state index >= 15 is 0 Å². The first-order chi connectivity index (χ1) is 14.6. The van der Waals surface area contributed by atoms with E-state index in [9.17, 15) is 8.42 Å². The molecule has 2 aliphatic rings. The van der Waals surface area contributed by atoms with Gasteiger partial charge in [0, 0.05) is 38.8 Å². The van der Waals surface area contributed by atoms with Gasteiger partial charge in [-0.2, -0.15) is 4.31 Å². The lowest BCUT2D eigenvalue weighted by Crippen LogP contribution is -2.42. The molecule has 0 bridgehead atoms. The fourth-order valence-corrected chi connectivity index (χ4v) is 7.36. The predicted molar refractivity (Wildman–Crippen MR) is 124 cm³/mol. The number of rotatable bonds is 5. The summed E-state index contributed by atoms with van der Waals surface area (Å²) >= 11 is 1.24. The molecule has 2 aromatic heterocycles. The predicted octanol–water partition coefficient (Wildman–Crippen LogP) is 4.28. The van der Waals surface area contributed by atoms with Crippen LogP contribution in [0.5, 0.6) is 0 Å². The Hall–Kier alpha value is -1.71. The molecule has 2 aliphatic heterocycles. The largest absolute Gasteiger partial charge is 0.355 e. The van der Waals surface area contributed by atoms with Crippen LogP contribution in [0.3, 0.4) is 0 Å². The summed E-state index contributed by atoms with van der Waals surface area (Å²) in [4.78, 5) is 3.31. The summed E-state index contributed by atoms with van der Waals surface area (Å²) in [5.74, 6) is 1.15. The number of thiophene rings is 1. The van der Waals surface area contributed by atoms with Gasteiger partial charge < -0.3 is 4.52 Å². The maximum absolute atomic E-state index is 13.1. The van der Waals surface area contributed by atoms with Crippen molar-refractivity contribution < 1.29 is 12.9 Å². The van der Waals surface area contributed by atoms with Gasteiger partial charge in [0.05, 0.1) is 11.1 Å². The van der Waals surface area contributed by atoms with Gasteiger partial charge in [0.2, 0.25) is 0 Å². The molecular weight excluding hydrogens is 454 g/mol. The number of benzene rings is 1. The van der Waals surface area contributed by atoms with Crippen LogP contribution >= 0.6 is 23.7 Å². The zero-order valence-corrected chi connectivity index (χ0v) is 19.6. The van der Waals surface area contributed by atoms with Crippen molar-refractivity contribution in [1.29, 1.82) is 0 Å². The molecule has 9 heteroatoms. The molecule has 5 rings (SSSR count). The zero-order chi connectivity index (χ0) is 20.6. The molecule has 1 aromatic carbocycles. The van der Waals surface area contributed by atoms with Crippen LogP contribution in [0.4, 0.5) is 0 Å². The van der Waals surface area contributed by atoms with Gasteiger partial charge in [0.1, 0.15) is 4.21 Å². The third kappa shape index (κ3) is 4.73. The molecule has 0 amide bonds. The average molecular weight is 480 g/mol. The number of piperidine rings is 1. The van der Waals surface area contributed by atoms with Gasteiger partial charge >= 0.3 is 0 Å². The number of sulfonamides is 1. The van der Waals surface area contributed by atoms with Crippen LogP contribution in [-0.2, 0) is 23.0 Å². The number of fused-ring (bicyclic) bond motifs is 1. The summed E-state index contributed by atoms with van der Waals surface area (Å²) in [5, 5.41) is 3.70. The van der Waals surface area contributed by atoms with Gasteiger partial charge in [0.15, 0.2) is 5.76 Å². The van der Waals surface area contributed by atoms with Crippen molar-refractivity contribution in [2.75, 3.05) is 26.2 Å². The number of halogens is 1. The molecule has 4 heterocycles. The molecule has 31 heavy (non-hydrogen) atoms. The van der Waals surface area contributed by atoms with E-state index in [1.54, 1.807) is 28.7 Å². The highest BCUT2D eigenvalue weighted by molar-refractivity contribution is 7.91. The van der Waals surface area contributed by atoms with Crippen molar-refractivity contribution in [1.82, 2.24) is 14.4 Å². The van der Waals surface area contributed by atoms with E-state index in [4.69, 9.17) is 4.52 Å². The zero-order valence-electron chi connectivity index (χ0n) is 17.1. The summed E-state index contributed by atoms with van der Waals surface area (Å²) in [7, 11) is -3.45. The summed E-state index contributed by atoms with van der Waals surface area (Å²) in [5.41, 5.74) is 2.90. The molecule has 6 nitrogen and oxygen atoms in total. The van der Waals surface area contributed by atoms with Crippen LogP contribution < -0.4 is 0 Å². The Labute approximate surface area is 193 Å². The van der Waals surface area contributed by atoms with Crippen molar-refractivity contribution in [3.63, 3.8) is 0 Å². The quantitative estimate of drug-likeness (QED) is 0.546. The second-order valence-electron chi connectivity index (χ2n) is 8.10. The van der Waals surface area contributed by atoms with Gasteiger partial charge in [-0.05, 0) is 48.4 Å². The lowest BCUT2D eigenvalue weighted by Gasteiger charge is -2.36. The van der Waals surface area contributed by atoms with Gasteiger partial charge in [-0.1, -0.05) is 29.4 Å². The Kier molecular flexibility index (Phi) is 6.83. The van der Waals surface area contributed by atoms with Crippen LogP contribution in [0.2, 0.25) is 0 Å². The fourth-order valence-electron chi connectivity index (χ4n) is 4.47. The maximum Gasteiger partial charge on any atom is 0.252 e. The van der Waals surface area contributed by atoms with Crippen LogP contribution in [0.15, 0.2) is 57.4 Å². The van der Waals surface area contributed by atoms with Gasteiger partial charge in [-0.3, -0.25) is 4.90 Å². The summed E-state index contributed by atoms with van der Waals surface area (Å²) in [6.45, 7) is 4.33. The topological polar surface area (TPSA) is 66.7 Å². The number of nitrogens with zero attached hydrogens (tertiary/aromatic N) is 3. The van der Waals surface area contributed by atoms with E-state index in [1.165, 1.54) is 22.5 Å². The molecule has 0 N–H and O–H groups in total. The standard InChI is InChI=1S/C22H25N3O3S2.ClH/c26-30(27,22-6-5-21(29-22)20-7-11-23-28-20)25-13-8-17(9-14-25)15-24-12-10-18-3-1-2-4-19(18)16-24;/h1-7,11,17H,8-10,12-16H2;1H. The highest BCUT2D eigenvalue weighted by atomic mass is 35.5. The van der Waals surface area contributed by atoms with Crippen molar-refractivity contribution in [3.05, 3.63) is 59.8 Å². The first-order valence-electron chi connectivity index (χ1n) is 10.4. The number of hydrogen-bond donors (Lipinski definition) is 0. The van der Waals surface area contributed by atoms with Crippen molar-refractivity contribution in [2.24, 2.45) is 5.92 Å². The van der Waals surface area contributed by atoms with Gasteiger partial charge in [-0.25, -0.2) is 8.42 Å². The monoisotopic (exact) mass is 479 g/mol. The first-order valence-corrected chi connectivity index (χ1v) is 12.7. The van der Waals surface area contributed by atoms with Crippen LogP contribution in [-0.4, -0.2) is 49.0 Å². The molecule has 0 unspecified atom stereocenters. The van der Waals surface area contributed by atoms with Gasteiger partial charge in [0.25, 0.3) is 10.0 Å². The molecule has 1 saturated heterocycles. The summed E-state index contributed by atoms with van der Waals surface area (Å²) < 4.78 is 33.3. The molecule has 0 radical (unpaired) electrons. The second-order valence-corrected chi connectivity index (χ2v) is 11.3. The molecule has 166 valence electrons. The Morgan fingerprint density at radius 3 is 2.55 bits per heavy atom. The Bertz CT molecular complexity index is 1110. The highest BCUT2D eigenvalue weighted by Crippen LogP contribution is 2.33. The summed E-state index contributed by atoms with van der Waals surface area (Å²) in [6, 6.07) is 13.9. The Morgan fingerprint density at radius 2 is 1.81 bits per heavy atom. The van der Waals surface area contributed by atoms with E-state index in [-0.39, 0.29) is 12.4 Å². The minimum absolute atomic E-state index is 0. The molecule has 1 fully saturated rings. The van der Waals surface area contributed by atoms with Gasteiger partial charge in [-0.15, -0.1) is 23.7 Å². The molecule has 3 aromatic rings. The number of aromatic nitrogens is 1. The highest BCUT2D eigenvalue weighted by Gasteiger charge is 2.31. The molecule has 0 spiro atoms. The molecular formula is C22H26ClN3O3S2. The SMILES string of the molecule is Cl.O=S(=O)(c1ccc(-c2ccno2)s1)N1CCC(CN2CCc3ccccc3C2)CC1. The first kappa shape index (κ1) is 22.5. The Morgan fingerprint density at radius 1 is 1.03 bits per heavy atom. The second kappa shape index (κ2) is 9.42. The minimum Gasteiger partial charge on any atom is -0.355 e. The van der Waals surface area contributed by atoms with Crippen molar-refractivity contribution in [2.45, 2.75) is 30.0 Å². The average Bonchev–Trinajstić information content (AvgIpc) is 3.46. The van der Waals surface area contributed by atoms with Crippen molar-refractivity contribution >= 4 is 33.8 Å².